The minimum atomic E-state index is -0.249. The van der Waals surface area contributed by atoms with Crippen LogP contribution in [0.4, 0.5) is 4.39 Å². The molecule has 1 amide bonds. The van der Waals surface area contributed by atoms with Gasteiger partial charge in [-0.15, -0.1) is 0 Å². The summed E-state index contributed by atoms with van der Waals surface area (Å²) in [6.07, 6.45) is 4.39. The molecule has 1 saturated carbocycles. The maximum atomic E-state index is 13.3. The molecule has 4 nitrogen and oxygen atoms in total. The Labute approximate surface area is 157 Å². The lowest BCUT2D eigenvalue weighted by molar-refractivity contribution is -0.122. The van der Waals surface area contributed by atoms with Crippen LogP contribution in [0.25, 0.3) is 22.2 Å². The Morgan fingerprint density at radius 1 is 1.22 bits per heavy atom. The van der Waals surface area contributed by atoms with Crippen molar-refractivity contribution >= 4 is 17.0 Å². The largest absolute Gasteiger partial charge is 0.440 e. The number of aromatic nitrogens is 1. The van der Waals surface area contributed by atoms with Crippen molar-refractivity contribution in [1.82, 2.24) is 10.3 Å². The van der Waals surface area contributed by atoms with E-state index in [1.54, 1.807) is 12.1 Å². The summed E-state index contributed by atoms with van der Waals surface area (Å²) in [5.74, 6) is 0.874. The second-order valence-corrected chi connectivity index (χ2v) is 7.12. The molecule has 1 heterocycles. The van der Waals surface area contributed by atoms with Gasteiger partial charge < -0.3 is 9.73 Å². The minimum Gasteiger partial charge on any atom is -0.440 e. The SMILES string of the molecule is CCc1nc2cc(-c3ccc(F)cc3)cc(CCCNC(=O)C3CC3)c2o1. The van der Waals surface area contributed by atoms with Gasteiger partial charge in [0.05, 0.1) is 0 Å². The van der Waals surface area contributed by atoms with Gasteiger partial charge in [-0.3, -0.25) is 4.79 Å². The summed E-state index contributed by atoms with van der Waals surface area (Å²) in [6.45, 7) is 2.67. The second kappa shape index (κ2) is 7.51. The fourth-order valence-corrected chi connectivity index (χ4v) is 3.27. The molecule has 5 heteroatoms. The summed E-state index contributed by atoms with van der Waals surface area (Å²) in [6, 6.07) is 10.6. The molecule has 27 heavy (non-hydrogen) atoms. The Hall–Kier alpha value is -2.69. The number of halogens is 1. The molecular formula is C22H23FN2O2. The molecule has 1 aliphatic rings. The van der Waals surface area contributed by atoms with Crippen LogP contribution in [0.2, 0.25) is 0 Å². The first-order valence-electron chi connectivity index (χ1n) is 9.60. The Bertz CT molecular complexity index is 958. The molecule has 0 atom stereocenters. The number of fused-ring (bicyclic) bond motifs is 1. The predicted octanol–water partition coefficient (Wildman–Crippen LogP) is 4.66. The smallest absolute Gasteiger partial charge is 0.223 e. The zero-order valence-electron chi connectivity index (χ0n) is 15.4. The molecule has 0 unspecified atom stereocenters. The van der Waals surface area contributed by atoms with Crippen LogP contribution in [-0.2, 0) is 17.6 Å². The first kappa shape index (κ1) is 17.7. The van der Waals surface area contributed by atoms with Gasteiger partial charge in [-0.2, -0.15) is 0 Å². The number of rotatable bonds is 7. The molecule has 1 N–H and O–H groups in total. The second-order valence-electron chi connectivity index (χ2n) is 7.12. The minimum absolute atomic E-state index is 0.174. The fourth-order valence-electron chi connectivity index (χ4n) is 3.27. The molecule has 3 aromatic rings. The maximum absolute atomic E-state index is 13.3. The molecule has 0 bridgehead atoms. The molecule has 140 valence electrons. The van der Waals surface area contributed by atoms with Crippen LogP contribution < -0.4 is 5.32 Å². The van der Waals surface area contributed by atoms with Gasteiger partial charge in [0.1, 0.15) is 11.3 Å². The topological polar surface area (TPSA) is 55.1 Å². The monoisotopic (exact) mass is 366 g/mol. The van der Waals surface area contributed by atoms with E-state index in [0.717, 1.165) is 59.9 Å². The van der Waals surface area contributed by atoms with Crippen molar-refractivity contribution in [3.05, 3.63) is 53.7 Å². The van der Waals surface area contributed by atoms with Crippen molar-refractivity contribution < 1.29 is 13.6 Å². The average molecular weight is 366 g/mol. The number of oxazole rings is 1. The molecule has 1 aromatic heterocycles. The van der Waals surface area contributed by atoms with Crippen LogP contribution in [0.5, 0.6) is 0 Å². The summed E-state index contributed by atoms with van der Waals surface area (Å²) in [7, 11) is 0. The van der Waals surface area contributed by atoms with E-state index >= 15 is 0 Å². The lowest BCUT2D eigenvalue weighted by atomic mass is 9.99. The average Bonchev–Trinajstić information content (AvgIpc) is 3.44. The summed E-state index contributed by atoms with van der Waals surface area (Å²) in [4.78, 5) is 16.3. The van der Waals surface area contributed by atoms with E-state index in [2.05, 4.69) is 16.4 Å². The standard InChI is InChI=1S/C22H23FN2O2/c1-2-20-25-19-13-17(14-7-9-18(23)10-8-14)12-16(21(19)27-20)4-3-11-24-22(26)15-5-6-15/h7-10,12-13,15H,2-6,11H2,1H3,(H,24,26). The first-order chi connectivity index (χ1) is 13.1. The number of carbonyl (C=O) groups is 1. The third kappa shape index (κ3) is 4.02. The quantitative estimate of drug-likeness (QED) is 0.619. The molecule has 2 aromatic carbocycles. The van der Waals surface area contributed by atoms with Gasteiger partial charge in [0, 0.05) is 18.9 Å². The highest BCUT2D eigenvalue weighted by atomic mass is 19.1. The number of aryl methyl sites for hydroxylation is 2. The molecule has 0 spiro atoms. The van der Waals surface area contributed by atoms with E-state index in [1.807, 2.05) is 13.0 Å². The van der Waals surface area contributed by atoms with E-state index < -0.39 is 0 Å². The van der Waals surface area contributed by atoms with Crippen LogP contribution in [0.1, 0.15) is 37.6 Å². The van der Waals surface area contributed by atoms with Gasteiger partial charge in [-0.1, -0.05) is 19.1 Å². The van der Waals surface area contributed by atoms with Crippen LogP contribution in [0.3, 0.4) is 0 Å². The van der Waals surface area contributed by atoms with E-state index in [0.29, 0.717) is 12.4 Å². The first-order valence-corrected chi connectivity index (χ1v) is 9.60. The Kier molecular flexibility index (Phi) is 4.92. The van der Waals surface area contributed by atoms with E-state index in [4.69, 9.17) is 4.42 Å². The third-order valence-corrected chi connectivity index (χ3v) is 4.96. The highest BCUT2D eigenvalue weighted by Gasteiger charge is 2.29. The zero-order chi connectivity index (χ0) is 18.8. The van der Waals surface area contributed by atoms with Crippen molar-refractivity contribution in [3.63, 3.8) is 0 Å². The normalized spacial score (nSPS) is 13.9. The van der Waals surface area contributed by atoms with Crippen LogP contribution >= 0.6 is 0 Å². The van der Waals surface area contributed by atoms with Gasteiger partial charge in [-0.25, -0.2) is 9.37 Å². The number of hydrogen-bond donors (Lipinski definition) is 1. The molecule has 1 aliphatic carbocycles. The van der Waals surface area contributed by atoms with E-state index in [9.17, 15) is 9.18 Å². The molecular weight excluding hydrogens is 343 g/mol. The fraction of sp³-hybridized carbons (Fsp3) is 0.364. The van der Waals surface area contributed by atoms with E-state index in [-0.39, 0.29) is 17.6 Å². The van der Waals surface area contributed by atoms with Gasteiger partial charge in [0.15, 0.2) is 11.5 Å². The highest BCUT2D eigenvalue weighted by molar-refractivity contribution is 5.84. The van der Waals surface area contributed by atoms with Crippen LogP contribution in [0.15, 0.2) is 40.8 Å². The third-order valence-electron chi connectivity index (χ3n) is 4.96. The van der Waals surface area contributed by atoms with Gasteiger partial charge in [-0.05, 0) is 66.6 Å². The van der Waals surface area contributed by atoms with Crippen molar-refractivity contribution in [2.24, 2.45) is 5.92 Å². The molecule has 4 rings (SSSR count). The van der Waals surface area contributed by atoms with Crippen molar-refractivity contribution in [2.75, 3.05) is 6.54 Å². The number of hydrogen-bond acceptors (Lipinski definition) is 3. The zero-order valence-corrected chi connectivity index (χ0v) is 15.4. The van der Waals surface area contributed by atoms with Crippen molar-refractivity contribution in [2.45, 2.75) is 39.0 Å². The molecule has 1 fully saturated rings. The summed E-state index contributed by atoms with van der Waals surface area (Å²) in [5, 5.41) is 3.00. The molecule has 0 radical (unpaired) electrons. The van der Waals surface area contributed by atoms with Crippen LogP contribution in [0, 0.1) is 11.7 Å². The Morgan fingerprint density at radius 2 is 2.00 bits per heavy atom. The summed E-state index contributed by atoms with van der Waals surface area (Å²) < 4.78 is 19.2. The highest BCUT2D eigenvalue weighted by Crippen LogP contribution is 2.30. The number of amides is 1. The molecule has 0 saturated heterocycles. The van der Waals surface area contributed by atoms with Crippen LogP contribution in [-0.4, -0.2) is 17.4 Å². The van der Waals surface area contributed by atoms with Gasteiger partial charge in [0.2, 0.25) is 5.91 Å². The Balaban J connectivity index is 1.57. The number of nitrogens with zero attached hydrogens (tertiary/aromatic N) is 1. The van der Waals surface area contributed by atoms with E-state index in [1.165, 1.54) is 12.1 Å². The molecule has 0 aliphatic heterocycles. The van der Waals surface area contributed by atoms with Crippen molar-refractivity contribution in [1.29, 1.82) is 0 Å². The van der Waals surface area contributed by atoms with Crippen molar-refractivity contribution in [3.8, 4) is 11.1 Å². The number of nitrogens with one attached hydrogen (secondary N) is 1. The van der Waals surface area contributed by atoms with Gasteiger partial charge in [0.25, 0.3) is 0 Å². The number of carbonyl (C=O) groups excluding carboxylic acids is 1. The maximum Gasteiger partial charge on any atom is 0.223 e. The lowest BCUT2D eigenvalue weighted by Gasteiger charge is -2.08. The summed E-state index contributed by atoms with van der Waals surface area (Å²) in [5.41, 5.74) is 4.65. The lowest BCUT2D eigenvalue weighted by Crippen LogP contribution is -2.26. The summed E-state index contributed by atoms with van der Waals surface area (Å²) >= 11 is 0. The van der Waals surface area contributed by atoms with Gasteiger partial charge >= 0.3 is 0 Å². The predicted molar refractivity (Wildman–Crippen MR) is 103 cm³/mol. The number of benzene rings is 2. The Morgan fingerprint density at radius 3 is 2.70 bits per heavy atom.